The van der Waals surface area contributed by atoms with Crippen molar-refractivity contribution < 1.29 is 14.0 Å². The first kappa shape index (κ1) is 21.2. The number of rotatable bonds is 9. The molecule has 0 bridgehead atoms. The van der Waals surface area contributed by atoms with Gasteiger partial charge in [0.15, 0.2) is 0 Å². The molecule has 2 N–H and O–H groups in total. The van der Waals surface area contributed by atoms with Crippen molar-refractivity contribution in [1.82, 2.24) is 10.6 Å². The quantitative estimate of drug-likeness (QED) is 0.615. The van der Waals surface area contributed by atoms with Gasteiger partial charge >= 0.3 is 0 Å². The molecular formula is C20H21Cl2FN2O2. The molecule has 0 heterocycles. The van der Waals surface area contributed by atoms with E-state index in [0.717, 1.165) is 12.0 Å². The number of carbonyl (C=O) groups excluding carboxylic acids is 2. The fraction of sp³-hybridized carbons (Fsp3) is 0.300. The van der Waals surface area contributed by atoms with Crippen molar-refractivity contribution in [2.45, 2.75) is 25.7 Å². The predicted molar refractivity (Wildman–Crippen MR) is 106 cm³/mol. The standard InChI is InChI=1S/C20H21Cl2FN2O2/c21-17-8-7-14(12-18(17)22)3-2-6-19(26)24-9-10-25-20(27)13-15-4-1-5-16(23)11-15/h1,4-5,7-8,11-12H,2-3,6,9-10,13H2,(H,24,26)(H,25,27). The molecule has 7 heteroatoms. The number of amides is 2. The highest BCUT2D eigenvalue weighted by Crippen LogP contribution is 2.23. The molecule has 0 aromatic heterocycles. The fourth-order valence-corrected chi connectivity index (χ4v) is 2.86. The highest BCUT2D eigenvalue weighted by atomic mass is 35.5. The highest BCUT2D eigenvalue weighted by molar-refractivity contribution is 6.42. The Hall–Kier alpha value is -2.11. The van der Waals surface area contributed by atoms with Crippen LogP contribution in [-0.2, 0) is 22.4 Å². The third-order valence-corrected chi connectivity index (χ3v) is 4.62. The van der Waals surface area contributed by atoms with Gasteiger partial charge in [0.1, 0.15) is 5.82 Å². The van der Waals surface area contributed by atoms with Gasteiger partial charge in [-0.15, -0.1) is 0 Å². The molecule has 0 aliphatic carbocycles. The van der Waals surface area contributed by atoms with Crippen LogP contribution in [0.2, 0.25) is 10.0 Å². The van der Waals surface area contributed by atoms with Crippen LogP contribution in [0.1, 0.15) is 24.0 Å². The van der Waals surface area contributed by atoms with Crippen molar-refractivity contribution in [3.05, 3.63) is 69.5 Å². The Kier molecular flexibility index (Phi) is 8.55. The van der Waals surface area contributed by atoms with Crippen LogP contribution >= 0.6 is 23.2 Å². The van der Waals surface area contributed by atoms with Gasteiger partial charge in [-0.1, -0.05) is 41.4 Å². The fourth-order valence-electron chi connectivity index (χ4n) is 2.54. The molecule has 2 amide bonds. The molecule has 144 valence electrons. The lowest BCUT2D eigenvalue weighted by Gasteiger charge is -2.08. The number of carbonyl (C=O) groups is 2. The smallest absolute Gasteiger partial charge is 0.224 e. The number of benzene rings is 2. The van der Waals surface area contributed by atoms with Gasteiger partial charge in [-0.25, -0.2) is 4.39 Å². The zero-order valence-electron chi connectivity index (χ0n) is 14.7. The van der Waals surface area contributed by atoms with Crippen LogP contribution in [0.25, 0.3) is 0 Å². The summed E-state index contributed by atoms with van der Waals surface area (Å²) in [5.41, 5.74) is 1.64. The number of aryl methyl sites for hydroxylation is 1. The molecule has 0 saturated heterocycles. The molecule has 0 fully saturated rings. The average Bonchev–Trinajstić information content (AvgIpc) is 2.62. The molecule has 2 rings (SSSR count). The van der Waals surface area contributed by atoms with Gasteiger partial charge in [0, 0.05) is 19.5 Å². The number of hydrogen-bond acceptors (Lipinski definition) is 2. The zero-order valence-corrected chi connectivity index (χ0v) is 16.2. The lowest BCUT2D eigenvalue weighted by atomic mass is 10.1. The SMILES string of the molecule is O=C(CCCc1ccc(Cl)c(Cl)c1)NCCNC(=O)Cc1cccc(F)c1. The van der Waals surface area contributed by atoms with E-state index < -0.39 is 0 Å². The van der Waals surface area contributed by atoms with Crippen molar-refractivity contribution in [1.29, 1.82) is 0 Å². The molecule has 4 nitrogen and oxygen atoms in total. The Bertz CT molecular complexity index is 799. The van der Waals surface area contributed by atoms with E-state index in [-0.39, 0.29) is 24.1 Å². The van der Waals surface area contributed by atoms with Crippen molar-refractivity contribution in [2.24, 2.45) is 0 Å². The van der Waals surface area contributed by atoms with Gasteiger partial charge < -0.3 is 10.6 Å². The van der Waals surface area contributed by atoms with E-state index in [0.29, 0.717) is 41.5 Å². The summed E-state index contributed by atoms with van der Waals surface area (Å²) in [6, 6.07) is 11.4. The molecule has 0 saturated carbocycles. The van der Waals surface area contributed by atoms with Gasteiger partial charge in [0.05, 0.1) is 16.5 Å². The number of halogens is 3. The molecule has 0 spiro atoms. The molecule has 0 aliphatic heterocycles. The molecule has 2 aromatic carbocycles. The van der Waals surface area contributed by atoms with Crippen LogP contribution in [0, 0.1) is 5.82 Å². The maximum absolute atomic E-state index is 13.1. The maximum Gasteiger partial charge on any atom is 0.224 e. The second-order valence-corrected chi connectivity index (χ2v) is 6.92. The van der Waals surface area contributed by atoms with Crippen LogP contribution in [0.15, 0.2) is 42.5 Å². The Morgan fingerprint density at radius 1 is 0.889 bits per heavy atom. The zero-order chi connectivity index (χ0) is 19.6. The van der Waals surface area contributed by atoms with E-state index in [1.165, 1.54) is 12.1 Å². The number of nitrogens with one attached hydrogen (secondary N) is 2. The minimum Gasteiger partial charge on any atom is -0.354 e. The lowest BCUT2D eigenvalue weighted by molar-refractivity contribution is -0.122. The van der Waals surface area contributed by atoms with E-state index in [1.54, 1.807) is 24.3 Å². The van der Waals surface area contributed by atoms with Crippen LogP contribution in [-0.4, -0.2) is 24.9 Å². The largest absolute Gasteiger partial charge is 0.354 e. The summed E-state index contributed by atoms with van der Waals surface area (Å²) in [5, 5.41) is 6.47. The summed E-state index contributed by atoms with van der Waals surface area (Å²) in [6.07, 6.45) is 1.91. The van der Waals surface area contributed by atoms with Gasteiger partial charge in [0.25, 0.3) is 0 Å². The molecule has 0 atom stereocenters. The van der Waals surface area contributed by atoms with Gasteiger partial charge in [-0.05, 0) is 48.2 Å². The summed E-state index contributed by atoms with van der Waals surface area (Å²) in [4.78, 5) is 23.6. The van der Waals surface area contributed by atoms with Crippen LogP contribution in [0.3, 0.4) is 0 Å². The Balaban J connectivity index is 1.57. The van der Waals surface area contributed by atoms with Gasteiger partial charge in [-0.3, -0.25) is 9.59 Å². The summed E-state index contributed by atoms with van der Waals surface area (Å²) < 4.78 is 13.1. The van der Waals surface area contributed by atoms with Gasteiger partial charge in [0.2, 0.25) is 11.8 Å². The second-order valence-electron chi connectivity index (χ2n) is 6.11. The molecular weight excluding hydrogens is 390 g/mol. The Morgan fingerprint density at radius 3 is 2.33 bits per heavy atom. The van der Waals surface area contributed by atoms with Crippen LogP contribution in [0.4, 0.5) is 4.39 Å². The normalized spacial score (nSPS) is 10.5. The monoisotopic (exact) mass is 410 g/mol. The van der Waals surface area contributed by atoms with E-state index >= 15 is 0 Å². The van der Waals surface area contributed by atoms with Crippen molar-refractivity contribution in [2.75, 3.05) is 13.1 Å². The Morgan fingerprint density at radius 2 is 1.63 bits per heavy atom. The van der Waals surface area contributed by atoms with Crippen molar-refractivity contribution in [3.8, 4) is 0 Å². The minimum absolute atomic E-state index is 0.0746. The summed E-state index contributed by atoms with van der Waals surface area (Å²) >= 11 is 11.8. The number of hydrogen-bond donors (Lipinski definition) is 2. The van der Waals surface area contributed by atoms with E-state index in [9.17, 15) is 14.0 Å². The van der Waals surface area contributed by atoms with Gasteiger partial charge in [-0.2, -0.15) is 0 Å². The first-order valence-corrected chi connectivity index (χ1v) is 9.41. The summed E-state index contributed by atoms with van der Waals surface area (Å²) in [5.74, 6) is -0.655. The second kappa shape index (κ2) is 10.9. The molecule has 2 aromatic rings. The molecule has 0 radical (unpaired) electrons. The topological polar surface area (TPSA) is 58.2 Å². The average molecular weight is 411 g/mol. The predicted octanol–water partition coefficient (Wildman–Crippen LogP) is 3.93. The van der Waals surface area contributed by atoms with E-state index in [4.69, 9.17) is 23.2 Å². The molecule has 27 heavy (non-hydrogen) atoms. The minimum atomic E-state index is -0.367. The van der Waals surface area contributed by atoms with E-state index in [2.05, 4.69) is 10.6 Å². The molecule has 0 aliphatic rings. The molecule has 0 unspecified atom stereocenters. The first-order valence-electron chi connectivity index (χ1n) is 8.66. The maximum atomic E-state index is 13.1. The lowest BCUT2D eigenvalue weighted by Crippen LogP contribution is -2.35. The van der Waals surface area contributed by atoms with Crippen LogP contribution < -0.4 is 10.6 Å². The summed E-state index contributed by atoms with van der Waals surface area (Å²) in [6.45, 7) is 0.674. The van der Waals surface area contributed by atoms with Crippen molar-refractivity contribution >= 4 is 35.0 Å². The first-order chi connectivity index (χ1) is 12.9. The third-order valence-electron chi connectivity index (χ3n) is 3.88. The third kappa shape index (κ3) is 7.97. The van der Waals surface area contributed by atoms with Crippen LogP contribution in [0.5, 0.6) is 0 Å². The van der Waals surface area contributed by atoms with Crippen molar-refractivity contribution in [3.63, 3.8) is 0 Å². The Labute approximate surface area is 168 Å². The highest BCUT2D eigenvalue weighted by Gasteiger charge is 2.06. The summed E-state index contributed by atoms with van der Waals surface area (Å²) in [7, 11) is 0. The van der Waals surface area contributed by atoms with E-state index in [1.807, 2.05) is 6.07 Å².